The molecule has 2 heterocycles. The second-order valence-electron chi connectivity index (χ2n) is 16.3. The van der Waals surface area contributed by atoms with E-state index >= 15 is 0 Å². The van der Waals surface area contributed by atoms with Gasteiger partial charge in [-0.25, -0.2) is 0 Å². The smallest absolute Gasteiger partial charge is 0.136 e. The Morgan fingerprint density at radius 1 is 0.368 bits per heavy atom. The summed E-state index contributed by atoms with van der Waals surface area (Å²) in [5.74, 6) is 0. The van der Waals surface area contributed by atoms with Crippen LogP contribution in [-0.4, -0.2) is 0 Å². The molecule has 0 aliphatic heterocycles. The first kappa shape index (κ1) is 34.9. The van der Waals surface area contributed by atoms with Crippen molar-refractivity contribution in [2.75, 3.05) is 10.2 Å². The molecule has 2 aromatic heterocycles. The first-order valence-corrected chi connectivity index (χ1v) is 19.9. The summed E-state index contributed by atoms with van der Waals surface area (Å²) >= 11 is 0. The van der Waals surface area contributed by atoms with Gasteiger partial charge in [0.15, 0.2) is 0 Å². The van der Waals surface area contributed by atoms with Crippen LogP contribution in [0.5, 0.6) is 0 Å². The molecular formula is C53H46N2O2. The number of fused-ring (bicyclic) bond motifs is 8. The zero-order valence-electron chi connectivity index (χ0n) is 34.2. The van der Waals surface area contributed by atoms with Gasteiger partial charge in [-0.3, -0.25) is 0 Å². The predicted molar refractivity (Wildman–Crippen MR) is 243 cm³/mol. The molecular weight excluding hydrogens is 697 g/mol. The molecule has 0 amide bonds. The van der Waals surface area contributed by atoms with Gasteiger partial charge < -0.3 is 19.1 Å². The molecule has 8 aromatic carbocycles. The van der Waals surface area contributed by atoms with E-state index in [1.807, 2.05) is 0 Å². The van der Waals surface area contributed by atoms with Crippen LogP contribution >= 0.6 is 0 Å². The molecule has 0 atom stereocenters. The average molecular weight is 743 g/mol. The van der Waals surface area contributed by atoms with Crippen LogP contribution in [0, 0.1) is 62.3 Å². The Hall–Kier alpha value is -6.52. The molecule has 1 N–H and O–H groups in total. The minimum Gasteiger partial charge on any atom is -0.456 e. The van der Waals surface area contributed by atoms with E-state index < -0.39 is 0 Å². The summed E-state index contributed by atoms with van der Waals surface area (Å²) in [4.78, 5) is 2.43. The van der Waals surface area contributed by atoms with Crippen LogP contribution in [0.25, 0.3) is 65.4 Å². The Balaban J connectivity index is 1.07. The molecule has 10 aromatic rings. The van der Waals surface area contributed by atoms with Gasteiger partial charge in [-0.05, 0) is 213 Å². The normalized spacial score (nSPS) is 11.9. The van der Waals surface area contributed by atoms with Crippen molar-refractivity contribution in [2.24, 2.45) is 0 Å². The maximum atomic E-state index is 6.67. The first-order chi connectivity index (χ1) is 27.4. The number of nitrogens with one attached hydrogen (secondary N) is 1. The molecule has 0 aliphatic rings. The zero-order valence-corrected chi connectivity index (χ0v) is 34.2. The molecule has 0 bridgehead atoms. The fraction of sp³-hybridized carbons (Fsp3) is 0.170. The highest BCUT2D eigenvalue weighted by atomic mass is 16.3. The summed E-state index contributed by atoms with van der Waals surface area (Å²) < 4.78 is 13.3. The lowest BCUT2D eigenvalue weighted by molar-refractivity contribution is 0.664. The van der Waals surface area contributed by atoms with Gasteiger partial charge in [-0.1, -0.05) is 30.3 Å². The molecule has 57 heavy (non-hydrogen) atoms. The van der Waals surface area contributed by atoms with Gasteiger partial charge in [0.1, 0.15) is 22.3 Å². The maximum Gasteiger partial charge on any atom is 0.136 e. The number of aryl methyl sites for hydroxylation is 3. The third-order valence-electron chi connectivity index (χ3n) is 13.1. The van der Waals surface area contributed by atoms with Crippen molar-refractivity contribution in [3.05, 3.63) is 159 Å². The molecule has 0 radical (unpaired) electrons. The van der Waals surface area contributed by atoms with E-state index in [2.05, 4.69) is 182 Å². The highest BCUT2D eigenvalue weighted by molar-refractivity contribution is 6.18. The molecule has 0 unspecified atom stereocenters. The molecule has 4 nitrogen and oxygen atoms in total. The first-order valence-electron chi connectivity index (χ1n) is 19.9. The molecule has 280 valence electrons. The monoisotopic (exact) mass is 742 g/mol. The van der Waals surface area contributed by atoms with Gasteiger partial charge in [-0.15, -0.1) is 0 Å². The average Bonchev–Trinajstić information content (AvgIpc) is 3.73. The molecule has 0 spiro atoms. The van der Waals surface area contributed by atoms with Crippen LogP contribution in [0.15, 0.2) is 118 Å². The number of nitrogens with zero attached hydrogens (tertiary/aromatic N) is 1. The van der Waals surface area contributed by atoms with E-state index in [1.165, 1.54) is 72.2 Å². The third-order valence-corrected chi connectivity index (χ3v) is 13.1. The number of anilines is 5. The van der Waals surface area contributed by atoms with Crippen LogP contribution in [0.4, 0.5) is 28.4 Å². The Kier molecular flexibility index (Phi) is 7.82. The lowest BCUT2D eigenvalue weighted by Gasteiger charge is -2.30. The highest BCUT2D eigenvalue weighted by Gasteiger charge is 2.21. The fourth-order valence-corrected chi connectivity index (χ4v) is 8.76. The van der Waals surface area contributed by atoms with Gasteiger partial charge in [0.25, 0.3) is 0 Å². The lowest BCUT2D eigenvalue weighted by atomic mass is 9.97. The Labute approximate surface area is 333 Å². The summed E-state index contributed by atoms with van der Waals surface area (Å²) in [5.41, 5.74) is 20.9. The van der Waals surface area contributed by atoms with Gasteiger partial charge in [0.2, 0.25) is 0 Å². The van der Waals surface area contributed by atoms with E-state index in [1.54, 1.807) is 0 Å². The van der Waals surface area contributed by atoms with Gasteiger partial charge >= 0.3 is 0 Å². The van der Waals surface area contributed by atoms with Gasteiger partial charge in [0.05, 0.1) is 0 Å². The molecule has 4 heteroatoms. The number of hydrogen-bond acceptors (Lipinski definition) is 4. The van der Waals surface area contributed by atoms with E-state index in [0.29, 0.717) is 0 Å². The van der Waals surface area contributed by atoms with Crippen molar-refractivity contribution in [1.29, 1.82) is 0 Å². The Morgan fingerprint density at radius 2 is 0.825 bits per heavy atom. The van der Waals surface area contributed by atoms with Crippen LogP contribution in [0.2, 0.25) is 0 Å². The van der Waals surface area contributed by atoms with Crippen LogP contribution in [0.1, 0.15) is 50.1 Å². The van der Waals surface area contributed by atoms with Gasteiger partial charge in [-0.2, -0.15) is 0 Å². The predicted octanol–water partition coefficient (Wildman–Crippen LogP) is 15.8. The quantitative estimate of drug-likeness (QED) is 0.191. The molecule has 10 rings (SSSR count). The molecule has 0 aliphatic carbocycles. The standard InChI is InChI=1S/C53H46N2O2/c1-28-10-17-47(34(7)31(28)4)54-41-15-13-37-22-43-45-26-53-46(27-52(45)56-50(43)24-39(37)20-41)44-23-38-14-16-42(21-40(38)25-51(44)57-53)55(48-18-11-29(2)32(5)35(48)8)49-19-12-30(3)33(6)36(49)9/h10-27,54H,1-9H3. The maximum absolute atomic E-state index is 6.67. The number of rotatable bonds is 5. The summed E-state index contributed by atoms with van der Waals surface area (Å²) in [6.45, 7) is 19.8. The Morgan fingerprint density at radius 3 is 1.39 bits per heavy atom. The number of furan rings is 2. The van der Waals surface area contributed by atoms with Crippen LogP contribution < -0.4 is 10.2 Å². The second kappa shape index (κ2) is 12.8. The zero-order chi connectivity index (χ0) is 39.4. The van der Waals surface area contributed by atoms with E-state index in [4.69, 9.17) is 8.83 Å². The minimum atomic E-state index is 0.859. The SMILES string of the molecule is Cc1ccc(Nc2ccc3cc4c(cc3c2)oc2cc3c(cc24)oc2cc4cc(N(c5ccc(C)c(C)c5C)c5ccc(C)c(C)c5C)ccc4cc23)c(C)c1C. The molecule has 0 fully saturated rings. The van der Waals surface area contributed by atoms with Crippen molar-refractivity contribution >= 4 is 93.9 Å². The van der Waals surface area contributed by atoms with E-state index in [9.17, 15) is 0 Å². The summed E-state index contributed by atoms with van der Waals surface area (Å²) in [5, 5.41) is 12.5. The summed E-state index contributed by atoms with van der Waals surface area (Å²) in [6.07, 6.45) is 0. The molecule has 0 saturated carbocycles. The van der Waals surface area contributed by atoms with Crippen molar-refractivity contribution in [2.45, 2.75) is 62.3 Å². The Bertz CT molecular complexity index is 3270. The minimum absolute atomic E-state index is 0.859. The van der Waals surface area contributed by atoms with Crippen molar-refractivity contribution < 1.29 is 8.83 Å². The van der Waals surface area contributed by atoms with E-state index in [0.717, 1.165) is 71.7 Å². The summed E-state index contributed by atoms with van der Waals surface area (Å²) in [6, 6.07) is 39.9. The summed E-state index contributed by atoms with van der Waals surface area (Å²) in [7, 11) is 0. The van der Waals surface area contributed by atoms with E-state index in [-0.39, 0.29) is 0 Å². The van der Waals surface area contributed by atoms with Crippen molar-refractivity contribution in [3.8, 4) is 0 Å². The van der Waals surface area contributed by atoms with Crippen LogP contribution in [0.3, 0.4) is 0 Å². The largest absolute Gasteiger partial charge is 0.456 e. The van der Waals surface area contributed by atoms with Crippen molar-refractivity contribution in [3.63, 3.8) is 0 Å². The van der Waals surface area contributed by atoms with Gasteiger partial charge in [0, 0.05) is 50.0 Å². The third kappa shape index (κ3) is 5.49. The lowest BCUT2D eigenvalue weighted by Crippen LogP contribution is -2.14. The fourth-order valence-electron chi connectivity index (χ4n) is 8.76. The molecule has 0 saturated heterocycles. The number of hydrogen-bond donors (Lipinski definition) is 1. The number of benzene rings is 8. The topological polar surface area (TPSA) is 41.6 Å². The highest BCUT2D eigenvalue weighted by Crippen LogP contribution is 2.44. The van der Waals surface area contributed by atoms with Crippen LogP contribution in [-0.2, 0) is 0 Å². The van der Waals surface area contributed by atoms with Crippen molar-refractivity contribution in [1.82, 2.24) is 0 Å². The second-order valence-corrected chi connectivity index (χ2v) is 16.3.